The first-order valence-electron chi connectivity index (χ1n) is 13.9. The van der Waals surface area contributed by atoms with Crippen LogP contribution in [0.2, 0.25) is 5.02 Å². The normalized spacial score (nSPS) is 14.5. The van der Waals surface area contributed by atoms with E-state index < -0.39 is 6.04 Å². The van der Waals surface area contributed by atoms with Crippen molar-refractivity contribution in [3.8, 4) is 5.75 Å². The molecule has 1 atom stereocenters. The standard InChI is InChI=1S/C33H38BrClN2O3/c1-33(2,3)25-16-17-30(28(34)20-25)40-22-31(38)37(21-24-12-9-13-26(35)18-24)29(19-23-10-5-4-6-11-23)32(39)36-27-14-7-8-15-27/h4-6,9-13,16-18,20,27,29H,7-8,14-15,19,21-22H2,1-3H3,(H,36,39)/t29-/m1/s1. The Kier molecular flexibility index (Phi) is 10.3. The molecule has 7 heteroatoms. The van der Waals surface area contributed by atoms with E-state index in [0.717, 1.165) is 46.8 Å². The fourth-order valence-electron chi connectivity index (χ4n) is 5.06. The zero-order valence-electron chi connectivity index (χ0n) is 23.5. The Balaban J connectivity index is 1.61. The summed E-state index contributed by atoms with van der Waals surface area (Å²) in [6.07, 6.45) is 4.55. The summed E-state index contributed by atoms with van der Waals surface area (Å²) in [5, 5.41) is 3.81. The summed E-state index contributed by atoms with van der Waals surface area (Å²) in [6.45, 7) is 6.49. The Morgan fingerprint density at radius 2 is 1.70 bits per heavy atom. The van der Waals surface area contributed by atoms with Crippen molar-refractivity contribution in [2.24, 2.45) is 0 Å². The predicted octanol–water partition coefficient (Wildman–Crippen LogP) is 7.48. The van der Waals surface area contributed by atoms with Gasteiger partial charge in [-0.3, -0.25) is 9.59 Å². The lowest BCUT2D eigenvalue weighted by Gasteiger charge is -2.32. The summed E-state index contributed by atoms with van der Waals surface area (Å²) in [6, 6.07) is 22.6. The highest BCUT2D eigenvalue weighted by molar-refractivity contribution is 9.10. The third-order valence-corrected chi connectivity index (χ3v) is 8.22. The highest BCUT2D eigenvalue weighted by Gasteiger charge is 2.32. The molecule has 0 aromatic heterocycles. The smallest absolute Gasteiger partial charge is 0.261 e. The minimum atomic E-state index is -0.704. The lowest BCUT2D eigenvalue weighted by atomic mass is 9.87. The van der Waals surface area contributed by atoms with Gasteiger partial charge in [-0.25, -0.2) is 0 Å². The molecule has 3 aromatic carbocycles. The lowest BCUT2D eigenvalue weighted by molar-refractivity contribution is -0.143. The molecule has 5 nitrogen and oxygen atoms in total. The summed E-state index contributed by atoms with van der Waals surface area (Å²) >= 11 is 9.89. The number of benzene rings is 3. The number of hydrogen-bond acceptors (Lipinski definition) is 3. The Hall–Kier alpha value is -2.83. The van der Waals surface area contributed by atoms with Crippen LogP contribution in [-0.4, -0.2) is 35.4 Å². The second-order valence-corrected chi connectivity index (χ2v) is 12.8. The molecule has 0 saturated heterocycles. The van der Waals surface area contributed by atoms with E-state index >= 15 is 0 Å². The van der Waals surface area contributed by atoms with Crippen LogP contribution in [0.4, 0.5) is 0 Å². The number of halogens is 2. The first kappa shape index (κ1) is 30.1. The molecule has 0 heterocycles. The molecule has 212 valence electrons. The molecule has 0 bridgehead atoms. The average molecular weight is 626 g/mol. The summed E-state index contributed by atoms with van der Waals surface area (Å²) in [5.41, 5.74) is 2.98. The molecule has 1 aliphatic carbocycles. The molecule has 1 N–H and O–H groups in total. The van der Waals surface area contributed by atoms with E-state index in [-0.39, 0.29) is 36.4 Å². The number of amides is 2. The first-order chi connectivity index (χ1) is 19.1. The number of carbonyl (C=O) groups is 2. The quantitative estimate of drug-likeness (QED) is 0.254. The van der Waals surface area contributed by atoms with Crippen LogP contribution >= 0.6 is 27.5 Å². The van der Waals surface area contributed by atoms with Gasteiger partial charge in [0.15, 0.2) is 6.61 Å². The molecule has 0 aliphatic heterocycles. The highest BCUT2D eigenvalue weighted by Crippen LogP contribution is 2.31. The maximum Gasteiger partial charge on any atom is 0.261 e. The third kappa shape index (κ3) is 8.34. The molecule has 4 rings (SSSR count). The largest absolute Gasteiger partial charge is 0.483 e. The fraction of sp³-hybridized carbons (Fsp3) is 0.394. The number of rotatable bonds is 10. The van der Waals surface area contributed by atoms with Gasteiger partial charge in [-0.05, 0) is 75.1 Å². The zero-order valence-corrected chi connectivity index (χ0v) is 25.8. The van der Waals surface area contributed by atoms with Gasteiger partial charge in [0.25, 0.3) is 5.91 Å². The molecular weight excluding hydrogens is 588 g/mol. The van der Waals surface area contributed by atoms with Gasteiger partial charge in [-0.2, -0.15) is 0 Å². The van der Waals surface area contributed by atoms with Crippen LogP contribution in [0.25, 0.3) is 0 Å². The highest BCUT2D eigenvalue weighted by atomic mass is 79.9. The van der Waals surface area contributed by atoms with Crippen molar-refractivity contribution in [2.45, 2.75) is 76.9 Å². The Labute approximate surface area is 251 Å². The Morgan fingerprint density at radius 1 is 1.00 bits per heavy atom. The van der Waals surface area contributed by atoms with Crippen LogP contribution in [0.1, 0.15) is 63.1 Å². The van der Waals surface area contributed by atoms with Crippen molar-refractivity contribution in [1.82, 2.24) is 10.2 Å². The molecule has 1 aliphatic rings. The molecule has 0 unspecified atom stereocenters. The number of nitrogens with one attached hydrogen (secondary N) is 1. The summed E-state index contributed by atoms with van der Waals surface area (Å²) < 4.78 is 6.81. The van der Waals surface area contributed by atoms with Crippen LogP contribution in [0.3, 0.4) is 0 Å². The van der Waals surface area contributed by atoms with E-state index in [1.54, 1.807) is 11.0 Å². The van der Waals surface area contributed by atoms with Gasteiger partial charge >= 0.3 is 0 Å². The van der Waals surface area contributed by atoms with Crippen molar-refractivity contribution in [3.05, 3.63) is 99.0 Å². The molecule has 3 aromatic rings. The number of hydrogen-bond donors (Lipinski definition) is 1. The zero-order chi connectivity index (χ0) is 28.7. The van der Waals surface area contributed by atoms with Gasteiger partial charge in [-0.15, -0.1) is 0 Å². The first-order valence-corrected chi connectivity index (χ1v) is 15.1. The second-order valence-electron chi connectivity index (χ2n) is 11.5. The van der Waals surface area contributed by atoms with Gasteiger partial charge in [0.2, 0.25) is 5.91 Å². The van der Waals surface area contributed by atoms with E-state index in [1.165, 1.54) is 0 Å². The van der Waals surface area contributed by atoms with Crippen LogP contribution in [0.15, 0.2) is 77.3 Å². The third-order valence-electron chi connectivity index (χ3n) is 7.36. The molecule has 40 heavy (non-hydrogen) atoms. The van der Waals surface area contributed by atoms with Gasteiger partial charge in [0.1, 0.15) is 11.8 Å². The van der Waals surface area contributed by atoms with Gasteiger partial charge in [-0.1, -0.05) is 93.7 Å². The molecule has 2 amide bonds. The lowest BCUT2D eigenvalue weighted by Crippen LogP contribution is -2.53. The molecule has 0 spiro atoms. The minimum absolute atomic E-state index is 0.0119. The van der Waals surface area contributed by atoms with Crippen molar-refractivity contribution in [3.63, 3.8) is 0 Å². The second kappa shape index (κ2) is 13.7. The van der Waals surface area contributed by atoms with E-state index in [4.69, 9.17) is 16.3 Å². The monoisotopic (exact) mass is 624 g/mol. The fourth-order valence-corrected chi connectivity index (χ4v) is 5.77. The number of ether oxygens (including phenoxy) is 1. The van der Waals surface area contributed by atoms with Crippen molar-refractivity contribution in [2.75, 3.05) is 6.61 Å². The van der Waals surface area contributed by atoms with E-state index in [0.29, 0.717) is 17.2 Å². The van der Waals surface area contributed by atoms with E-state index in [1.807, 2.05) is 66.7 Å². The van der Waals surface area contributed by atoms with E-state index in [2.05, 4.69) is 42.0 Å². The summed E-state index contributed by atoms with van der Waals surface area (Å²) in [5.74, 6) is 0.176. The van der Waals surface area contributed by atoms with E-state index in [9.17, 15) is 9.59 Å². The Morgan fingerprint density at radius 3 is 2.35 bits per heavy atom. The van der Waals surface area contributed by atoms with Crippen molar-refractivity contribution in [1.29, 1.82) is 0 Å². The molecule has 1 saturated carbocycles. The number of carbonyl (C=O) groups excluding carboxylic acids is 2. The van der Waals surface area contributed by atoms with Gasteiger partial charge < -0.3 is 15.0 Å². The van der Waals surface area contributed by atoms with Gasteiger partial charge in [0.05, 0.1) is 4.47 Å². The number of nitrogens with zero attached hydrogens (tertiary/aromatic N) is 1. The van der Waals surface area contributed by atoms with Crippen molar-refractivity contribution >= 4 is 39.3 Å². The minimum Gasteiger partial charge on any atom is -0.483 e. The van der Waals surface area contributed by atoms with Crippen LogP contribution in [0, 0.1) is 0 Å². The maximum absolute atomic E-state index is 13.9. The predicted molar refractivity (Wildman–Crippen MR) is 165 cm³/mol. The molecular formula is C33H38BrClN2O3. The SMILES string of the molecule is CC(C)(C)c1ccc(OCC(=O)N(Cc2cccc(Cl)c2)[C@H](Cc2ccccc2)C(=O)NC2CCCC2)c(Br)c1. The van der Waals surface area contributed by atoms with Crippen LogP contribution < -0.4 is 10.1 Å². The maximum atomic E-state index is 13.9. The Bertz CT molecular complexity index is 1300. The topological polar surface area (TPSA) is 58.6 Å². The summed E-state index contributed by atoms with van der Waals surface area (Å²) in [4.78, 5) is 29.3. The average Bonchev–Trinajstić information content (AvgIpc) is 3.43. The van der Waals surface area contributed by atoms with Crippen molar-refractivity contribution < 1.29 is 14.3 Å². The molecule has 0 radical (unpaired) electrons. The van der Waals surface area contributed by atoms with Gasteiger partial charge in [0, 0.05) is 24.0 Å². The van der Waals surface area contributed by atoms with Crippen LogP contribution in [-0.2, 0) is 28.0 Å². The summed E-state index contributed by atoms with van der Waals surface area (Å²) in [7, 11) is 0. The molecule has 1 fully saturated rings. The van der Waals surface area contributed by atoms with Crippen LogP contribution in [0.5, 0.6) is 5.75 Å².